The summed E-state index contributed by atoms with van der Waals surface area (Å²) in [6, 6.07) is 4.45. The van der Waals surface area contributed by atoms with Crippen LogP contribution < -0.4 is 19.5 Å². The molecule has 3 heterocycles. The number of likely N-dealkylation sites (tertiary alicyclic amines) is 1. The molecule has 2 aliphatic rings. The Morgan fingerprint density at radius 3 is 2.75 bits per heavy atom. The van der Waals surface area contributed by atoms with Crippen LogP contribution in [0.25, 0.3) is 0 Å². The largest absolute Gasteiger partial charge is 0.486 e. The molecule has 0 saturated carbocycles. The maximum Gasteiger partial charge on any atom is 0.240 e. The summed E-state index contributed by atoms with van der Waals surface area (Å²) < 4.78 is 38.3. The topological polar surface area (TPSA) is 110 Å². The average Bonchev–Trinajstić information content (AvgIpc) is 3.21. The second-order valence-corrected chi connectivity index (χ2v) is 10.7. The van der Waals surface area contributed by atoms with Gasteiger partial charge in [-0.2, -0.15) is 0 Å². The maximum absolute atomic E-state index is 12.5. The predicted octanol–water partition coefficient (Wildman–Crippen LogP) is 2.45. The lowest BCUT2D eigenvalue weighted by molar-refractivity contribution is -0.116. The summed E-state index contributed by atoms with van der Waals surface area (Å²) in [5, 5.41) is 5.24. The first-order valence-electron chi connectivity index (χ1n) is 10.7. The summed E-state index contributed by atoms with van der Waals surface area (Å²) in [5.41, 5.74) is 0.944. The molecule has 1 aromatic carbocycles. The highest BCUT2D eigenvalue weighted by Crippen LogP contribution is 2.32. The fourth-order valence-electron chi connectivity index (χ4n) is 3.64. The second kappa shape index (κ2) is 10.2. The number of ether oxygens (including phenoxy) is 2. The number of nitrogens with one attached hydrogen (secondary N) is 2. The molecule has 1 aromatic heterocycles. The zero-order chi connectivity index (χ0) is 22.6. The van der Waals surface area contributed by atoms with Crippen LogP contribution in [0.3, 0.4) is 0 Å². The molecule has 0 radical (unpaired) electrons. The summed E-state index contributed by atoms with van der Waals surface area (Å²) in [7, 11) is -3.76. The van der Waals surface area contributed by atoms with Crippen molar-refractivity contribution in [1.82, 2.24) is 14.6 Å². The minimum absolute atomic E-state index is 0.00269. The zero-order valence-corrected chi connectivity index (χ0v) is 19.6. The molecule has 0 unspecified atom stereocenters. The van der Waals surface area contributed by atoms with E-state index in [1.54, 1.807) is 6.07 Å². The third kappa shape index (κ3) is 5.97. The van der Waals surface area contributed by atoms with Crippen molar-refractivity contribution < 1.29 is 22.7 Å². The molecule has 174 valence electrons. The molecule has 1 saturated heterocycles. The number of piperidine rings is 1. The number of thiazole rings is 1. The number of carbonyl (C=O) groups is 1. The molecule has 1 fully saturated rings. The summed E-state index contributed by atoms with van der Waals surface area (Å²) in [6.45, 7) is 6.00. The lowest BCUT2D eigenvalue weighted by atomic mass is 9.99. The molecule has 2 aromatic rings. The van der Waals surface area contributed by atoms with Crippen molar-refractivity contribution in [2.24, 2.45) is 5.92 Å². The molecule has 0 spiro atoms. The number of carbonyl (C=O) groups excluding carboxylic acids is 1. The molecule has 0 atom stereocenters. The standard InChI is InChI=1S/C21H28N4O5S2/c1-15-5-8-25(9-6-15)13-16-14-31-21(23-16)24-20(26)4-7-22-32(27,28)17-2-3-18-19(12-17)30-11-10-29-18/h2-3,12,14-15,22H,4-11,13H2,1H3,(H,23,24,26). The number of fused-ring (bicyclic) bond motifs is 1. The second-order valence-electron chi connectivity index (χ2n) is 8.10. The number of rotatable bonds is 8. The lowest BCUT2D eigenvalue weighted by Crippen LogP contribution is -2.32. The number of hydrogen-bond acceptors (Lipinski definition) is 8. The summed E-state index contributed by atoms with van der Waals surface area (Å²) in [6.07, 6.45) is 2.41. The molecule has 0 bridgehead atoms. The Morgan fingerprint density at radius 2 is 1.97 bits per heavy atom. The van der Waals surface area contributed by atoms with Crippen molar-refractivity contribution in [3.63, 3.8) is 0 Å². The van der Waals surface area contributed by atoms with Gasteiger partial charge in [-0.1, -0.05) is 6.92 Å². The highest BCUT2D eigenvalue weighted by molar-refractivity contribution is 7.89. The smallest absolute Gasteiger partial charge is 0.240 e. The number of amides is 1. The van der Waals surface area contributed by atoms with Gasteiger partial charge in [0, 0.05) is 31.0 Å². The minimum Gasteiger partial charge on any atom is -0.486 e. The van der Waals surface area contributed by atoms with Gasteiger partial charge in [0.2, 0.25) is 15.9 Å². The number of hydrogen-bond donors (Lipinski definition) is 2. The summed E-state index contributed by atoms with van der Waals surface area (Å²) >= 11 is 1.38. The Labute approximate surface area is 192 Å². The Morgan fingerprint density at radius 1 is 1.22 bits per heavy atom. The van der Waals surface area contributed by atoms with E-state index >= 15 is 0 Å². The number of anilines is 1. The van der Waals surface area contributed by atoms with E-state index in [0.717, 1.165) is 31.2 Å². The van der Waals surface area contributed by atoms with Gasteiger partial charge >= 0.3 is 0 Å². The van der Waals surface area contributed by atoms with Crippen LogP contribution in [0.15, 0.2) is 28.5 Å². The van der Waals surface area contributed by atoms with Gasteiger partial charge in [0.25, 0.3) is 0 Å². The van der Waals surface area contributed by atoms with Crippen molar-refractivity contribution in [2.45, 2.75) is 37.6 Å². The van der Waals surface area contributed by atoms with Gasteiger partial charge in [-0.05, 0) is 44.0 Å². The normalized spacial score (nSPS) is 17.3. The van der Waals surface area contributed by atoms with E-state index in [9.17, 15) is 13.2 Å². The van der Waals surface area contributed by atoms with Crippen molar-refractivity contribution in [3.8, 4) is 11.5 Å². The van der Waals surface area contributed by atoms with Crippen molar-refractivity contribution in [3.05, 3.63) is 29.3 Å². The predicted molar refractivity (Wildman–Crippen MR) is 122 cm³/mol. The van der Waals surface area contributed by atoms with E-state index in [2.05, 4.69) is 26.8 Å². The Kier molecular flexibility index (Phi) is 7.29. The van der Waals surface area contributed by atoms with E-state index in [-0.39, 0.29) is 23.8 Å². The van der Waals surface area contributed by atoms with Crippen LogP contribution in [0.5, 0.6) is 11.5 Å². The minimum atomic E-state index is -3.76. The van der Waals surface area contributed by atoms with Crippen LogP contribution >= 0.6 is 11.3 Å². The number of sulfonamides is 1. The van der Waals surface area contributed by atoms with E-state index in [1.165, 1.54) is 36.3 Å². The van der Waals surface area contributed by atoms with Gasteiger partial charge in [-0.15, -0.1) is 11.3 Å². The molecule has 2 aliphatic heterocycles. The van der Waals surface area contributed by atoms with Gasteiger partial charge in [-0.25, -0.2) is 18.1 Å². The van der Waals surface area contributed by atoms with E-state index in [1.807, 2.05) is 5.38 Å². The third-order valence-electron chi connectivity index (χ3n) is 5.53. The van der Waals surface area contributed by atoms with Crippen LogP contribution in [0.1, 0.15) is 31.9 Å². The van der Waals surface area contributed by atoms with Crippen LogP contribution in [0.2, 0.25) is 0 Å². The van der Waals surface area contributed by atoms with E-state index < -0.39 is 10.0 Å². The Balaban J connectivity index is 1.23. The first-order valence-corrected chi connectivity index (χ1v) is 13.1. The van der Waals surface area contributed by atoms with Crippen molar-refractivity contribution in [1.29, 1.82) is 0 Å². The lowest BCUT2D eigenvalue weighted by Gasteiger charge is -2.29. The number of benzene rings is 1. The highest BCUT2D eigenvalue weighted by atomic mass is 32.2. The van der Waals surface area contributed by atoms with Gasteiger partial charge < -0.3 is 14.8 Å². The third-order valence-corrected chi connectivity index (χ3v) is 7.79. The van der Waals surface area contributed by atoms with E-state index in [0.29, 0.717) is 29.8 Å². The maximum atomic E-state index is 12.5. The molecule has 4 rings (SSSR count). The molecular formula is C21H28N4O5S2. The summed E-state index contributed by atoms with van der Waals surface area (Å²) in [5.74, 6) is 1.41. The molecular weight excluding hydrogens is 452 g/mol. The highest BCUT2D eigenvalue weighted by Gasteiger charge is 2.20. The molecule has 9 nitrogen and oxygen atoms in total. The Hall–Kier alpha value is -2.21. The SMILES string of the molecule is CC1CCN(Cc2csc(NC(=O)CCNS(=O)(=O)c3ccc4c(c3)OCCO4)n2)CC1. The van der Waals surface area contributed by atoms with Crippen LogP contribution in [0.4, 0.5) is 5.13 Å². The first kappa shape index (κ1) is 23.0. The molecule has 0 aliphatic carbocycles. The number of nitrogens with zero attached hydrogens (tertiary/aromatic N) is 2. The van der Waals surface area contributed by atoms with Gasteiger partial charge in [0.15, 0.2) is 16.6 Å². The van der Waals surface area contributed by atoms with Crippen LogP contribution in [-0.2, 0) is 21.4 Å². The van der Waals surface area contributed by atoms with E-state index in [4.69, 9.17) is 9.47 Å². The van der Waals surface area contributed by atoms with Gasteiger partial charge in [-0.3, -0.25) is 9.69 Å². The number of aromatic nitrogens is 1. The molecule has 11 heteroatoms. The summed E-state index contributed by atoms with van der Waals surface area (Å²) in [4.78, 5) is 19.2. The Bertz CT molecular complexity index is 1050. The molecule has 32 heavy (non-hydrogen) atoms. The van der Waals surface area contributed by atoms with Crippen LogP contribution in [-0.4, -0.2) is 57.1 Å². The monoisotopic (exact) mass is 480 g/mol. The van der Waals surface area contributed by atoms with Gasteiger partial charge in [0.1, 0.15) is 13.2 Å². The van der Waals surface area contributed by atoms with Crippen molar-refractivity contribution in [2.75, 3.05) is 38.2 Å². The fourth-order valence-corrected chi connectivity index (χ4v) is 5.41. The molecule has 2 N–H and O–H groups in total. The fraction of sp³-hybridized carbons (Fsp3) is 0.524. The van der Waals surface area contributed by atoms with Crippen molar-refractivity contribution >= 4 is 32.4 Å². The first-order chi connectivity index (χ1) is 15.4. The van der Waals surface area contributed by atoms with Gasteiger partial charge in [0.05, 0.1) is 10.6 Å². The zero-order valence-electron chi connectivity index (χ0n) is 18.0. The van der Waals surface area contributed by atoms with Crippen LogP contribution in [0, 0.1) is 5.92 Å². The quantitative estimate of drug-likeness (QED) is 0.597. The average molecular weight is 481 g/mol. The molecule has 1 amide bonds.